The summed E-state index contributed by atoms with van der Waals surface area (Å²) < 4.78 is 11.3. The zero-order valence-electron chi connectivity index (χ0n) is 14.7. The van der Waals surface area contributed by atoms with Gasteiger partial charge in [0.05, 0.1) is 34.0 Å². The van der Waals surface area contributed by atoms with Crippen LogP contribution in [0.1, 0.15) is 10.4 Å². The van der Waals surface area contributed by atoms with Crippen molar-refractivity contribution in [2.75, 3.05) is 38.2 Å². The normalized spacial score (nSPS) is 13.9. The first-order valence-corrected chi connectivity index (χ1v) is 10.0. The molecule has 2 amide bonds. The highest BCUT2D eigenvalue weighted by Gasteiger charge is 2.21. The van der Waals surface area contributed by atoms with Crippen molar-refractivity contribution in [2.24, 2.45) is 0 Å². The topological polar surface area (TPSA) is 67.9 Å². The van der Waals surface area contributed by atoms with Crippen molar-refractivity contribution in [3.8, 4) is 5.75 Å². The van der Waals surface area contributed by atoms with Crippen molar-refractivity contribution in [3.05, 3.63) is 56.5 Å². The van der Waals surface area contributed by atoms with E-state index in [1.165, 1.54) is 6.07 Å². The molecule has 6 nitrogen and oxygen atoms in total. The average Bonchev–Trinajstić information content (AvgIpc) is 2.67. The maximum absolute atomic E-state index is 12.8. The van der Waals surface area contributed by atoms with E-state index >= 15 is 0 Å². The number of benzene rings is 2. The van der Waals surface area contributed by atoms with Gasteiger partial charge in [-0.25, -0.2) is 0 Å². The van der Waals surface area contributed by atoms with Gasteiger partial charge in [-0.3, -0.25) is 9.59 Å². The summed E-state index contributed by atoms with van der Waals surface area (Å²) in [6.45, 7) is 1.77. The van der Waals surface area contributed by atoms with Gasteiger partial charge in [-0.15, -0.1) is 0 Å². The van der Waals surface area contributed by atoms with E-state index in [9.17, 15) is 9.59 Å². The molecule has 1 aliphatic rings. The second kappa shape index (κ2) is 9.60. The van der Waals surface area contributed by atoms with Crippen LogP contribution in [-0.4, -0.2) is 49.6 Å². The van der Waals surface area contributed by atoms with E-state index in [0.29, 0.717) is 52.8 Å². The predicted octanol–water partition coefficient (Wildman–Crippen LogP) is 4.25. The number of halogens is 3. The zero-order valence-corrected chi connectivity index (χ0v) is 17.8. The fourth-order valence-corrected chi connectivity index (χ4v) is 4.07. The number of nitrogens with zero attached hydrogens (tertiary/aromatic N) is 1. The molecule has 0 spiro atoms. The molecule has 2 aromatic carbocycles. The third kappa shape index (κ3) is 5.17. The molecule has 1 aliphatic heterocycles. The van der Waals surface area contributed by atoms with Crippen molar-refractivity contribution in [2.45, 2.75) is 0 Å². The Morgan fingerprint density at radius 1 is 1.18 bits per heavy atom. The molecule has 0 bridgehead atoms. The molecule has 0 atom stereocenters. The highest BCUT2D eigenvalue weighted by Crippen LogP contribution is 2.36. The smallest absolute Gasteiger partial charge is 0.262 e. The van der Waals surface area contributed by atoms with Crippen LogP contribution in [0.25, 0.3) is 0 Å². The largest absolute Gasteiger partial charge is 0.481 e. The molecule has 1 saturated heterocycles. The quantitative estimate of drug-likeness (QED) is 0.684. The number of amides is 2. The second-order valence-corrected chi connectivity index (χ2v) is 7.68. The number of carbonyl (C=O) groups excluding carboxylic acids is 2. The van der Waals surface area contributed by atoms with Gasteiger partial charge in [0.15, 0.2) is 12.4 Å². The lowest BCUT2D eigenvalue weighted by Crippen LogP contribution is -2.41. The molecule has 1 heterocycles. The molecule has 28 heavy (non-hydrogen) atoms. The summed E-state index contributed by atoms with van der Waals surface area (Å²) in [7, 11) is 0. The average molecular weight is 488 g/mol. The number of morpholine rings is 1. The van der Waals surface area contributed by atoms with Gasteiger partial charge in [0.25, 0.3) is 11.8 Å². The van der Waals surface area contributed by atoms with Gasteiger partial charge in [-0.2, -0.15) is 0 Å². The highest BCUT2D eigenvalue weighted by atomic mass is 79.9. The third-order valence-electron chi connectivity index (χ3n) is 4.04. The Bertz CT molecular complexity index is 865. The minimum atomic E-state index is -0.417. The summed E-state index contributed by atoms with van der Waals surface area (Å²) in [6, 6.07) is 10.0. The number of ether oxygens (including phenoxy) is 2. The van der Waals surface area contributed by atoms with Crippen LogP contribution in [0.2, 0.25) is 10.0 Å². The van der Waals surface area contributed by atoms with Crippen molar-refractivity contribution >= 4 is 56.6 Å². The maximum Gasteiger partial charge on any atom is 0.262 e. The van der Waals surface area contributed by atoms with Gasteiger partial charge in [-0.05, 0) is 40.2 Å². The molecule has 1 fully saturated rings. The van der Waals surface area contributed by atoms with Crippen LogP contribution in [0.4, 0.5) is 5.69 Å². The number of rotatable bonds is 5. The van der Waals surface area contributed by atoms with Crippen LogP contribution in [-0.2, 0) is 9.53 Å². The van der Waals surface area contributed by atoms with Crippen LogP contribution in [0.15, 0.2) is 40.9 Å². The van der Waals surface area contributed by atoms with Gasteiger partial charge in [0.2, 0.25) is 0 Å². The molecule has 0 unspecified atom stereocenters. The van der Waals surface area contributed by atoms with Crippen LogP contribution in [0.5, 0.6) is 5.75 Å². The Morgan fingerprint density at radius 2 is 1.89 bits per heavy atom. The van der Waals surface area contributed by atoms with E-state index in [-0.39, 0.29) is 17.5 Å². The van der Waals surface area contributed by atoms with Crippen LogP contribution < -0.4 is 10.1 Å². The summed E-state index contributed by atoms with van der Waals surface area (Å²) in [5.74, 6) is -0.248. The fourth-order valence-electron chi connectivity index (χ4n) is 2.71. The summed E-state index contributed by atoms with van der Waals surface area (Å²) in [5.41, 5.74) is 0.845. The van der Waals surface area contributed by atoms with E-state index in [0.717, 1.165) is 0 Å². The number of hydrogen-bond donors (Lipinski definition) is 1. The van der Waals surface area contributed by atoms with Gasteiger partial charge in [0.1, 0.15) is 0 Å². The fraction of sp³-hybridized carbons (Fsp3) is 0.263. The highest BCUT2D eigenvalue weighted by molar-refractivity contribution is 9.10. The number of anilines is 1. The van der Waals surface area contributed by atoms with Crippen molar-refractivity contribution < 1.29 is 19.1 Å². The van der Waals surface area contributed by atoms with Crippen LogP contribution >= 0.6 is 39.1 Å². The number of carbonyl (C=O) groups is 2. The van der Waals surface area contributed by atoms with Crippen molar-refractivity contribution in [1.29, 1.82) is 0 Å². The monoisotopic (exact) mass is 486 g/mol. The van der Waals surface area contributed by atoms with Crippen LogP contribution in [0, 0.1) is 0 Å². The molecule has 0 saturated carbocycles. The van der Waals surface area contributed by atoms with E-state index in [1.54, 1.807) is 35.2 Å². The Hall–Kier alpha value is -1.80. The first kappa shape index (κ1) is 20.9. The molecule has 1 N–H and O–H groups in total. The van der Waals surface area contributed by atoms with E-state index < -0.39 is 5.91 Å². The predicted molar refractivity (Wildman–Crippen MR) is 111 cm³/mol. The maximum atomic E-state index is 12.8. The van der Waals surface area contributed by atoms with Gasteiger partial charge >= 0.3 is 0 Å². The molecule has 0 aliphatic carbocycles. The summed E-state index contributed by atoms with van der Waals surface area (Å²) in [5, 5.41) is 3.46. The number of nitrogens with one attached hydrogen (secondary N) is 1. The van der Waals surface area contributed by atoms with Crippen molar-refractivity contribution in [3.63, 3.8) is 0 Å². The molecule has 2 aromatic rings. The first-order chi connectivity index (χ1) is 13.5. The minimum Gasteiger partial charge on any atom is -0.481 e. The van der Waals surface area contributed by atoms with Crippen molar-refractivity contribution in [1.82, 2.24) is 4.90 Å². The minimum absolute atomic E-state index is 0.149. The standard InChI is InChI=1S/C19H17BrCl2N2O4/c20-14-9-12(21)10-15(22)18(14)28-11-17(25)23-16-4-2-1-3-13(16)19(26)24-5-7-27-8-6-24/h1-4,9-10H,5-8,11H2,(H,23,25). The number of para-hydroxylation sites is 1. The van der Waals surface area contributed by atoms with Gasteiger partial charge in [-0.1, -0.05) is 35.3 Å². The van der Waals surface area contributed by atoms with Crippen LogP contribution in [0.3, 0.4) is 0 Å². The molecule has 3 rings (SSSR count). The van der Waals surface area contributed by atoms with Gasteiger partial charge < -0.3 is 19.7 Å². The Labute approximate surface area is 180 Å². The first-order valence-electron chi connectivity index (χ1n) is 8.49. The molecular weight excluding hydrogens is 471 g/mol. The Balaban J connectivity index is 1.67. The molecule has 0 radical (unpaired) electrons. The molecule has 9 heteroatoms. The second-order valence-electron chi connectivity index (χ2n) is 5.99. The van der Waals surface area contributed by atoms with E-state index in [1.807, 2.05) is 0 Å². The molecular formula is C19H17BrCl2N2O4. The summed E-state index contributed by atoms with van der Waals surface area (Å²) >= 11 is 15.3. The Morgan fingerprint density at radius 3 is 2.61 bits per heavy atom. The van der Waals surface area contributed by atoms with E-state index in [2.05, 4.69) is 21.2 Å². The lowest BCUT2D eigenvalue weighted by molar-refractivity contribution is -0.118. The third-order valence-corrected chi connectivity index (χ3v) is 5.13. The summed E-state index contributed by atoms with van der Waals surface area (Å²) in [4.78, 5) is 26.8. The SMILES string of the molecule is O=C(COc1c(Cl)cc(Cl)cc1Br)Nc1ccccc1C(=O)N1CCOCC1. The van der Waals surface area contributed by atoms with Gasteiger partial charge in [0, 0.05) is 18.1 Å². The summed E-state index contributed by atoms with van der Waals surface area (Å²) in [6.07, 6.45) is 0. The number of hydrogen-bond acceptors (Lipinski definition) is 4. The molecule has 148 valence electrons. The van der Waals surface area contributed by atoms with E-state index in [4.69, 9.17) is 32.7 Å². The lowest BCUT2D eigenvalue weighted by atomic mass is 10.1. The molecule has 0 aromatic heterocycles. The zero-order chi connectivity index (χ0) is 20.1. The Kier molecular flexibility index (Phi) is 7.18. The lowest BCUT2D eigenvalue weighted by Gasteiger charge is -2.27.